The van der Waals surface area contributed by atoms with Crippen LogP contribution in [0, 0.1) is 6.92 Å². The maximum atomic E-state index is 12.7. The van der Waals surface area contributed by atoms with E-state index in [1.165, 1.54) is 5.56 Å². The molecule has 31 heavy (non-hydrogen) atoms. The first-order valence-electron chi connectivity index (χ1n) is 10.3. The number of ether oxygens (including phenoxy) is 3. The number of esters is 1. The van der Waals surface area contributed by atoms with E-state index >= 15 is 0 Å². The van der Waals surface area contributed by atoms with E-state index in [9.17, 15) is 9.59 Å². The van der Waals surface area contributed by atoms with Crippen molar-refractivity contribution in [2.75, 3.05) is 13.7 Å². The lowest BCUT2D eigenvalue weighted by molar-refractivity contribution is -0.139. The fraction of sp³-hybridized carbons (Fsp3) is 0.333. The predicted molar refractivity (Wildman–Crippen MR) is 117 cm³/mol. The summed E-state index contributed by atoms with van der Waals surface area (Å²) in [7, 11) is 1.57. The van der Waals surface area contributed by atoms with Gasteiger partial charge in [0.15, 0.2) is 11.5 Å². The van der Waals surface area contributed by atoms with Crippen molar-refractivity contribution in [1.82, 2.24) is 10.6 Å². The van der Waals surface area contributed by atoms with Crippen molar-refractivity contribution in [2.24, 2.45) is 0 Å². The summed E-state index contributed by atoms with van der Waals surface area (Å²) in [5, 5.41) is 5.54. The number of benzene rings is 2. The molecule has 2 N–H and O–H groups in total. The average molecular weight is 424 g/mol. The SMILES string of the molecule is CCOC(=O)C1=C(CC)NC(=O)NC1c1ccc(OC)c(OCc2ccc(C)cc2)c1. The van der Waals surface area contributed by atoms with E-state index in [1.807, 2.05) is 38.1 Å². The number of nitrogens with one attached hydrogen (secondary N) is 2. The number of urea groups is 1. The molecule has 0 spiro atoms. The zero-order chi connectivity index (χ0) is 22.4. The molecule has 1 unspecified atom stereocenters. The number of carbonyl (C=O) groups is 2. The van der Waals surface area contributed by atoms with Crippen molar-refractivity contribution < 1.29 is 23.8 Å². The van der Waals surface area contributed by atoms with Gasteiger partial charge in [-0.3, -0.25) is 0 Å². The minimum atomic E-state index is -0.657. The highest BCUT2D eigenvalue weighted by molar-refractivity contribution is 5.95. The molecule has 0 saturated heterocycles. The van der Waals surface area contributed by atoms with Crippen LogP contribution in [0.1, 0.15) is 43.0 Å². The molecule has 1 heterocycles. The van der Waals surface area contributed by atoms with Gasteiger partial charge in [0.05, 0.1) is 25.3 Å². The van der Waals surface area contributed by atoms with Gasteiger partial charge in [0.1, 0.15) is 6.61 Å². The lowest BCUT2D eigenvalue weighted by Crippen LogP contribution is -2.45. The van der Waals surface area contributed by atoms with Crippen LogP contribution in [-0.4, -0.2) is 25.7 Å². The molecule has 0 radical (unpaired) electrons. The molecule has 2 aromatic carbocycles. The third-order valence-corrected chi connectivity index (χ3v) is 5.04. The minimum absolute atomic E-state index is 0.244. The first-order valence-corrected chi connectivity index (χ1v) is 10.3. The van der Waals surface area contributed by atoms with Gasteiger partial charge in [-0.05, 0) is 43.5 Å². The topological polar surface area (TPSA) is 85.9 Å². The summed E-state index contributed by atoms with van der Waals surface area (Å²) in [6.45, 7) is 6.26. The van der Waals surface area contributed by atoms with Gasteiger partial charge < -0.3 is 24.8 Å². The summed E-state index contributed by atoms with van der Waals surface area (Å²) < 4.78 is 16.7. The van der Waals surface area contributed by atoms with E-state index in [4.69, 9.17) is 14.2 Å². The highest BCUT2D eigenvalue weighted by Gasteiger charge is 2.33. The Hall–Kier alpha value is -3.48. The molecule has 2 aromatic rings. The van der Waals surface area contributed by atoms with Crippen LogP contribution in [0.3, 0.4) is 0 Å². The number of allylic oxidation sites excluding steroid dienone is 1. The normalized spacial score (nSPS) is 15.7. The second kappa shape index (κ2) is 10.0. The molecule has 0 bridgehead atoms. The summed E-state index contributed by atoms with van der Waals surface area (Å²) >= 11 is 0. The minimum Gasteiger partial charge on any atom is -0.493 e. The molecule has 0 fully saturated rings. The number of carbonyl (C=O) groups excluding carboxylic acids is 2. The molecule has 3 rings (SSSR count). The number of amides is 2. The van der Waals surface area contributed by atoms with Crippen molar-refractivity contribution in [3.05, 3.63) is 70.4 Å². The molecule has 7 heteroatoms. The molecule has 0 aromatic heterocycles. The maximum absolute atomic E-state index is 12.7. The lowest BCUT2D eigenvalue weighted by atomic mass is 9.94. The number of aryl methyl sites for hydroxylation is 1. The van der Waals surface area contributed by atoms with Gasteiger partial charge in [0.25, 0.3) is 0 Å². The standard InChI is InChI=1S/C24H28N2O5/c1-5-18-21(23(27)30-6-2)22(26-24(28)25-18)17-11-12-19(29-4)20(13-17)31-14-16-9-7-15(3)8-10-16/h7-13,22H,5-6,14H2,1-4H3,(H2,25,26,28). The largest absolute Gasteiger partial charge is 0.493 e. The van der Waals surface area contributed by atoms with Gasteiger partial charge in [-0.1, -0.05) is 42.8 Å². The fourth-order valence-electron chi connectivity index (χ4n) is 3.43. The molecule has 7 nitrogen and oxygen atoms in total. The van der Waals surface area contributed by atoms with Gasteiger partial charge in [0.2, 0.25) is 0 Å². The Balaban J connectivity index is 1.94. The van der Waals surface area contributed by atoms with Gasteiger partial charge in [0, 0.05) is 5.70 Å². The van der Waals surface area contributed by atoms with Crippen molar-refractivity contribution in [3.63, 3.8) is 0 Å². The van der Waals surface area contributed by atoms with E-state index in [0.717, 1.165) is 5.56 Å². The summed E-state index contributed by atoms with van der Waals surface area (Å²) in [5.41, 5.74) is 3.83. The van der Waals surface area contributed by atoms with Crippen molar-refractivity contribution >= 4 is 12.0 Å². The number of hydrogen-bond donors (Lipinski definition) is 2. The Morgan fingerprint density at radius 1 is 1.06 bits per heavy atom. The van der Waals surface area contributed by atoms with Crippen LogP contribution >= 0.6 is 0 Å². The second-order valence-electron chi connectivity index (χ2n) is 7.18. The van der Waals surface area contributed by atoms with E-state index in [-0.39, 0.29) is 12.6 Å². The number of hydrogen-bond acceptors (Lipinski definition) is 5. The molecule has 164 valence electrons. The van der Waals surface area contributed by atoms with Crippen molar-refractivity contribution in [2.45, 2.75) is 39.8 Å². The van der Waals surface area contributed by atoms with Crippen molar-refractivity contribution in [3.8, 4) is 11.5 Å². The monoisotopic (exact) mass is 424 g/mol. The first kappa shape index (κ1) is 22.2. The molecular weight excluding hydrogens is 396 g/mol. The van der Waals surface area contributed by atoms with E-state index in [0.29, 0.717) is 41.4 Å². The Morgan fingerprint density at radius 3 is 2.45 bits per heavy atom. The van der Waals surface area contributed by atoms with Crippen LogP contribution in [0.15, 0.2) is 53.7 Å². The number of methoxy groups -OCH3 is 1. The van der Waals surface area contributed by atoms with Crippen LogP contribution in [-0.2, 0) is 16.1 Å². The van der Waals surface area contributed by atoms with Crippen LogP contribution in [0.25, 0.3) is 0 Å². The van der Waals surface area contributed by atoms with Crippen LogP contribution in [0.5, 0.6) is 11.5 Å². The Labute approximate surface area is 182 Å². The Kier molecular flexibility index (Phi) is 7.18. The molecule has 1 atom stereocenters. The van der Waals surface area contributed by atoms with Crippen LogP contribution < -0.4 is 20.1 Å². The van der Waals surface area contributed by atoms with E-state index in [2.05, 4.69) is 10.6 Å². The predicted octanol–water partition coefficient (Wildman–Crippen LogP) is 4.16. The highest BCUT2D eigenvalue weighted by atomic mass is 16.5. The van der Waals surface area contributed by atoms with Gasteiger partial charge in [-0.2, -0.15) is 0 Å². The molecule has 1 aliphatic rings. The first-order chi connectivity index (χ1) is 15.0. The molecule has 0 saturated carbocycles. The third kappa shape index (κ3) is 5.17. The quantitative estimate of drug-likeness (QED) is 0.622. The number of rotatable bonds is 8. The molecule has 2 amide bonds. The summed E-state index contributed by atoms with van der Waals surface area (Å²) in [6.07, 6.45) is 0.491. The van der Waals surface area contributed by atoms with Gasteiger partial charge in [-0.25, -0.2) is 9.59 Å². The van der Waals surface area contributed by atoms with Crippen LogP contribution in [0.2, 0.25) is 0 Å². The smallest absolute Gasteiger partial charge is 0.338 e. The highest BCUT2D eigenvalue weighted by Crippen LogP contribution is 2.35. The lowest BCUT2D eigenvalue weighted by Gasteiger charge is -2.29. The average Bonchev–Trinajstić information content (AvgIpc) is 2.78. The molecule has 0 aliphatic carbocycles. The van der Waals surface area contributed by atoms with E-state index < -0.39 is 12.0 Å². The zero-order valence-corrected chi connectivity index (χ0v) is 18.3. The summed E-state index contributed by atoms with van der Waals surface area (Å²) in [5.74, 6) is 0.623. The Morgan fingerprint density at radius 2 is 1.81 bits per heavy atom. The second-order valence-corrected chi connectivity index (χ2v) is 7.18. The Bertz CT molecular complexity index is 982. The molecule has 1 aliphatic heterocycles. The van der Waals surface area contributed by atoms with Gasteiger partial charge in [-0.15, -0.1) is 0 Å². The third-order valence-electron chi connectivity index (χ3n) is 5.04. The molecular formula is C24H28N2O5. The van der Waals surface area contributed by atoms with Crippen molar-refractivity contribution in [1.29, 1.82) is 0 Å². The zero-order valence-electron chi connectivity index (χ0n) is 18.3. The van der Waals surface area contributed by atoms with Gasteiger partial charge >= 0.3 is 12.0 Å². The maximum Gasteiger partial charge on any atom is 0.338 e. The fourth-order valence-corrected chi connectivity index (χ4v) is 3.43. The van der Waals surface area contributed by atoms with E-state index in [1.54, 1.807) is 32.2 Å². The van der Waals surface area contributed by atoms with Crippen LogP contribution in [0.4, 0.5) is 4.79 Å². The summed E-state index contributed by atoms with van der Waals surface area (Å²) in [6, 6.07) is 12.4. The summed E-state index contributed by atoms with van der Waals surface area (Å²) in [4.78, 5) is 24.9.